The third-order valence-electron chi connectivity index (χ3n) is 3.52. The third kappa shape index (κ3) is 2.78. The molecule has 5 nitrogen and oxygen atoms in total. The molecule has 108 valence electrons. The molecule has 21 heavy (non-hydrogen) atoms. The molecule has 0 radical (unpaired) electrons. The molecule has 2 N–H and O–H groups in total. The number of nitrogens with zero attached hydrogens (tertiary/aromatic N) is 3. The topological polar surface area (TPSA) is 73.4 Å². The van der Waals surface area contributed by atoms with Gasteiger partial charge in [-0.1, -0.05) is 6.92 Å². The molecular weight excluding hydrogens is 264 g/mol. The Kier molecular flexibility index (Phi) is 3.92. The number of hydrogen-bond acceptors (Lipinski definition) is 5. The highest BCUT2D eigenvalue weighted by Gasteiger charge is 2.26. The van der Waals surface area contributed by atoms with Gasteiger partial charge in [0.2, 0.25) is 0 Å². The molecule has 0 saturated carbocycles. The Balaban J connectivity index is 1.77. The molecule has 2 heterocycles. The molecule has 0 amide bonds. The van der Waals surface area contributed by atoms with Crippen LogP contribution in [0.4, 0.5) is 5.82 Å². The minimum absolute atomic E-state index is 0.165. The molecule has 0 saturated heterocycles. The highest BCUT2D eigenvalue weighted by atomic mass is 16.5. The zero-order valence-corrected chi connectivity index (χ0v) is 12.0. The summed E-state index contributed by atoms with van der Waals surface area (Å²) in [5, 5.41) is 0. The van der Waals surface area contributed by atoms with Crippen LogP contribution in [-0.2, 0) is 0 Å². The van der Waals surface area contributed by atoms with E-state index in [1.807, 2.05) is 24.3 Å². The minimum atomic E-state index is 0.165. The van der Waals surface area contributed by atoms with Gasteiger partial charge in [0, 0.05) is 18.3 Å². The van der Waals surface area contributed by atoms with Crippen LogP contribution in [0.1, 0.15) is 30.5 Å². The summed E-state index contributed by atoms with van der Waals surface area (Å²) in [6.07, 6.45) is 4.24. The molecule has 0 bridgehead atoms. The van der Waals surface area contributed by atoms with E-state index in [2.05, 4.69) is 21.9 Å². The van der Waals surface area contributed by atoms with Gasteiger partial charge in [0.25, 0.3) is 0 Å². The van der Waals surface area contributed by atoms with Crippen molar-refractivity contribution in [3.8, 4) is 5.75 Å². The monoisotopic (exact) mass is 282 g/mol. The third-order valence-corrected chi connectivity index (χ3v) is 3.52. The largest absolute Gasteiger partial charge is 0.494 e. The average molecular weight is 282 g/mol. The first-order valence-electron chi connectivity index (χ1n) is 7.12. The number of aliphatic imine (C=N–C) groups is 1. The normalized spacial score (nSPS) is 16.5. The average Bonchev–Trinajstić information content (AvgIpc) is 2.86. The van der Waals surface area contributed by atoms with Gasteiger partial charge < -0.3 is 10.5 Å². The van der Waals surface area contributed by atoms with Crippen molar-refractivity contribution in [2.45, 2.75) is 19.3 Å². The van der Waals surface area contributed by atoms with Crippen LogP contribution < -0.4 is 10.5 Å². The number of rotatable bonds is 5. The molecule has 1 aliphatic rings. The SMILES string of the molecule is CC1C(c2ccc(OCCCN)cc2)=Nc2nccnc21. The molecule has 0 spiro atoms. The predicted molar refractivity (Wildman–Crippen MR) is 82.3 cm³/mol. The van der Waals surface area contributed by atoms with E-state index >= 15 is 0 Å². The van der Waals surface area contributed by atoms with E-state index in [4.69, 9.17) is 10.5 Å². The zero-order chi connectivity index (χ0) is 14.7. The summed E-state index contributed by atoms with van der Waals surface area (Å²) in [7, 11) is 0. The smallest absolute Gasteiger partial charge is 0.174 e. The van der Waals surface area contributed by atoms with Crippen molar-refractivity contribution >= 4 is 11.5 Å². The van der Waals surface area contributed by atoms with E-state index in [0.717, 1.165) is 35.0 Å². The molecule has 1 unspecified atom stereocenters. The molecule has 1 aliphatic heterocycles. The predicted octanol–water partition coefficient (Wildman–Crippen LogP) is 2.44. The van der Waals surface area contributed by atoms with Crippen LogP contribution in [0, 0.1) is 0 Å². The Bertz CT molecular complexity index is 652. The molecule has 0 fully saturated rings. The van der Waals surface area contributed by atoms with Gasteiger partial charge in [-0.15, -0.1) is 0 Å². The summed E-state index contributed by atoms with van der Waals surface area (Å²) < 4.78 is 5.61. The fourth-order valence-corrected chi connectivity index (χ4v) is 2.38. The van der Waals surface area contributed by atoms with Gasteiger partial charge in [0.05, 0.1) is 18.0 Å². The Morgan fingerprint density at radius 3 is 2.62 bits per heavy atom. The Morgan fingerprint density at radius 2 is 1.90 bits per heavy atom. The summed E-state index contributed by atoms with van der Waals surface area (Å²) in [6, 6.07) is 7.98. The van der Waals surface area contributed by atoms with Gasteiger partial charge in [-0.25, -0.2) is 9.98 Å². The fourth-order valence-electron chi connectivity index (χ4n) is 2.38. The number of nitrogens with two attached hydrogens (primary N) is 1. The van der Waals surface area contributed by atoms with Gasteiger partial charge in [0.15, 0.2) is 5.82 Å². The lowest BCUT2D eigenvalue weighted by Gasteiger charge is -2.09. The van der Waals surface area contributed by atoms with Crippen molar-refractivity contribution in [2.75, 3.05) is 13.2 Å². The van der Waals surface area contributed by atoms with E-state index in [1.165, 1.54) is 0 Å². The Morgan fingerprint density at radius 1 is 1.14 bits per heavy atom. The summed E-state index contributed by atoms with van der Waals surface area (Å²) in [5.41, 5.74) is 8.47. The molecule has 2 aromatic rings. The van der Waals surface area contributed by atoms with Crippen LogP contribution in [0.15, 0.2) is 41.7 Å². The fraction of sp³-hybridized carbons (Fsp3) is 0.312. The lowest BCUT2D eigenvalue weighted by atomic mass is 9.97. The van der Waals surface area contributed by atoms with Crippen LogP contribution in [0.25, 0.3) is 0 Å². The van der Waals surface area contributed by atoms with Crippen LogP contribution >= 0.6 is 0 Å². The van der Waals surface area contributed by atoms with E-state index in [0.29, 0.717) is 13.2 Å². The summed E-state index contributed by atoms with van der Waals surface area (Å²) in [5.74, 6) is 1.74. The molecule has 1 aromatic carbocycles. The number of aromatic nitrogens is 2. The van der Waals surface area contributed by atoms with Gasteiger partial charge in [-0.3, -0.25) is 4.98 Å². The highest BCUT2D eigenvalue weighted by Crippen LogP contribution is 2.34. The molecule has 5 heteroatoms. The maximum Gasteiger partial charge on any atom is 0.174 e. The van der Waals surface area contributed by atoms with E-state index in [9.17, 15) is 0 Å². The van der Waals surface area contributed by atoms with Crippen molar-refractivity contribution in [3.63, 3.8) is 0 Å². The first-order valence-corrected chi connectivity index (χ1v) is 7.12. The second-order valence-corrected chi connectivity index (χ2v) is 5.00. The van der Waals surface area contributed by atoms with Crippen molar-refractivity contribution in [1.82, 2.24) is 9.97 Å². The maximum atomic E-state index is 5.61. The van der Waals surface area contributed by atoms with Crippen LogP contribution in [0.5, 0.6) is 5.75 Å². The van der Waals surface area contributed by atoms with Gasteiger partial charge in [-0.2, -0.15) is 0 Å². The van der Waals surface area contributed by atoms with Crippen molar-refractivity contribution < 1.29 is 4.74 Å². The van der Waals surface area contributed by atoms with Gasteiger partial charge in [0.1, 0.15) is 5.75 Å². The van der Waals surface area contributed by atoms with E-state index in [-0.39, 0.29) is 5.92 Å². The zero-order valence-electron chi connectivity index (χ0n) is 12.0. The Labute approximate surface area is 123 Å². The van der Waals surface area contributed by atoms with E-state index in [1.54, 1.807) is 12.4 Å². The number of hydrogen-bond donors (Lipinski definition) is 1. The summed E-state index contributed by atoms with van der Waals surface area (Å²) >= 11 is 0. The number of benzene rings is 1. The lowest BCUT2D eigenvalue weighted by Crippen LogP contribution is -2.08. The molecule has 1 aromatic heterocycles. The second kappa shape index (κ2) is 6.01. The summed E-state index contributed by atoms with van der Waals surface area (Å²) in [6.45, 7) is 3.39. The van der Waals surface area contributed by atoms with Crippen LogP contribution in [0.3, 0.4) is 0 Å². The lowest BCUT2D eigenvalue weighted by molar-refractivity contribution is 0.313. The molecule has 1 atom stereocenters. The van der Waals surface area contributed by atoms with Crippen molar-refractivity contribution in [2.24, 2.45) is 10.7 Å². The highest BCUT2D eigenvalue weighted by molar-refractivity contribution is 6.08. The minimum Gasteiger partial charge on any atom is -0.494 e. The molecule has 0 aliphatic carbocycles. The van der Waals surface area contributed by atoms with Gasteiger partial charge in [-0.05, 0) is 42.8 Å². The maximum absolute atomic E-state index is 5.61. The van der Waals surface area contributed by atoms with E-state index < -0.39 is 0 Å². The quantitative estimate of drug-likeness (QED) is 0.855. The summed E-state index contributed by atoms with van der Waals surface area (Å²) in [4.78, 5) is 13.2. The van der Waals surface area contributed by atoms with Crippen molar-refractivity contribution in [1.29, 1.82) is 0 Å². The van der Waals surface area contributed by atoms with Crippen molar-refractivity contribution in [3.05, 3.63) is 47.9 Å². The molecule has 3 rings (SSSR count). The number of ether oxygens (including phenoxy) is 1. The number of fused-ring (bicyclic) bond motifs is 1. The molecular formula is C16H18N4O. The van der Waals surface area contributed by atoms with Gasteiger partial charge >= 0.3 is 0 Å². The Hall–Kier alpha value is -2.27. The second-order valence-electron chi connectivity index (χ2n) is 5.00. The first-order chi connectivity index (χ1) is 10.3. The van der Waals surface area contributed by atoms with Crippen LogP contribution in [-0.4, -0.2) is 28.8 Å². The first kappa shape index (κ1) is 13.7. The standard InChI is InChI=1S/C16H18N4O/c1-11-14(20-16-15(11)18-8-9-19-16)12-3-5-13(6-4-12)21-10-2-7-17/h3-6,8-9,11H,2,7,10,17H2,1H3. The van der Waals surface area contributed by atoms with Crippen LogP contribution in [0.2, 0.25) is 0 Å².